The van der Waals surface area contributed by atoms with Crippen molar-refractivity contribution < 1.29 is 0 Å². The molecule has 3 aromatic rings. The lowest BCUT2D eigenvalue weighted by molar-refractivity contribution is 0.800. The molecule has 0 N–H and O–H groups in total. The molecule has 3 rings (SSSR count). The van der Waals surface area contributed by atoms with Gasteiger partial charge in [-0.2, -0.15) is 9.78 Å². The van der Waals surface area contributed by atoms with Crippen molar-refractivity contribution in [2.24, 2.45) is 0 Å². The van der Waals surface area contributed by atoms with Gasteiger partial charge < -0.3 is 0 Å². The van der Waals surface area contributed by atoms with E-state index in [1.807, 2.05) is 0 Å². The Bertz CT molecular complexity index is 766. The van der Waals surface area contributed by atoms with Crippen LogP contribution in [0.3, 0.4) is 0 Å². The van der Waals surface area contributed by atoms with Gasteiger partial charge in [-0.1, -0.05) is 17.7 Å². The highest BCUT2D eigenvalue weighted by Crippen LogP contribution is 2.13. The molecule has 0 unspecified atom stereocenters. The molecule has 0 aliphatic heterocycles. The van der Waals surface area contributed by atoms with E-state index < -0.39 is 0 Å². The van der Waals surface area contributed by atoms with Gasteiger partial charge in [-0.25, -0.2) is 9.97 Å². The second kappa shape index (κ2) is 4.66. The Kier molecular flexibility index (Phi) is 2.85. The summed E-state index contributed by atoms with van der Waals surface area (Å²) >= 11 is 5.93. The minimum Gasteiger partial charge on any atom is -0.279 e. The quantitative estimate of drug-likeness (QED) is 0.709. The summed E-state index contributed by atoms with van der Waals surface area (Å²) in [6.07, 6.45) is 5.87. The van der Waals surface area contributed by atoms with Gasteiger partial charge in [0.1, 0.15) is 12.7 Å². The van der Waals surface area contributed by atoms with Gasteiger partial charge >= 0.3 is 0 Å². The van der Waals surface area contributed by atoms with Gasteiger partial charge in [-0.15, -0.1) is 0 Å². The van der Waals surface area contributed by atoms with Crippen LogP contribution in [0.5, 0.6) is 0 Å². The fourth-order valence-electron chi connectivity index (χ4n) is 1.71. The smallest absolute Gasteiger partial charge is 0.279 e. The monoisotopic (exact) mass is 273 g/mol. The Morgan fingerprint density at radius 3 is 2.89 bits per heavy atom. The molecule has 0 radical (unpaired) electrons. The first-order valence-corrected chi connectivity index (χ1v) is 5.82. The minimum absolute atomic E-state index is 0.181. The van der Waals surface area contributed by atoms with Crippen LogP contribution in [0.15, 0.2) is 54.1 Å². The lowest BCUT2D eigenvalue weighted by atomic mass is 10.3. The summed E-state index contributed by atoms with van der Waals surface area (Å²) in [5, 5.41) is 4.46. The topological polar surface area (TPSA) is 65.6 Å². The molecule has 0 fully saturated rings. The molecule has 0 saturated carbocycles. The predicted octanol–water partition coefficient (Wildman–Crippen LogP) is 1.47. The number of rotatable bonds is 2. The largest absolute Gasteiger partial charge is 0.300 e. The van der Waals surface area contributed by atoms with Gasteiger partial charge in [0.2, 0.25) is 5.82 Å². The first-order chi connectivity index (χ1) is 9.25. The van der Waals surface area contributed by atoms with Crippen LogP contribution >= 0.6 is 11.6 Å². The molecule has 0 bridgehead atoms. The third-order valence-electron chi connectivity index (χ3n) is 2.54. The minimum atomic E-state index is -0.296. The maximum Gasteiger partial charge on any atom is 0.300 e. The van der Waals surface area contributed by atoms with Gasteiger partial charge in [-0.3, -0.25) is 9.36 Å². The maximum atomic E-state index is 12.3. The zero-order chi connectivity index (χ0) is 13.2. The van der Waals surface area contributed by atoms with Crippen molar-refractivity contribution in [2.45, 2.75) is 0 Å². The average Bonchev–Trinajstić information content (AvgIpc) is 2.93. The van der Waals surface area contributed by atoms with Crippen LogP contribution in [0.4, 0.5) is 0 Å². The maximum absolute atomic E-state index is 12.3. The Morgan fingerprint density at radius 2 is 2.16 bits per heavy atom. The number of halogens is 1. The Balaban J connectivity index is 2.19. The zero-order valence-corrected chi connectivity index (χ0v) is 10.4. The summed E-state index contributed by atoms with van der Waals surface area (Å²) < 4.78 is 2.78. The summed E-state index contributed by atoms with van der Waals surface area (Å²) in [5.41, 5.74) is 0.372. The standard InChI is InChI=1S/C12H8ClN5O/c13-9-2-1-3-10(6-9)17-5-4-15-11(12(17)19)18-8-14-7-16-18/h1-8H. The zero-order valence-electron chi connectivity index (χ0n) is 9.64. The second-order valence-electron chi connectivity index (χ2n) is 3.75. The van der Waals surface area contributed by atoms with E-state index in [1.54, 1.807) is 30.5 Å². The molecule has 0 aliphatic rings. The highest BCUT2D eigenvalue weighted by molar-refractivity contribution is 6.30. The Labute approximate surface area is 112 Å². The molecule has 2 heterocycles. The second-order valence-corrected chi connectivity index (χ2v) is 4.18. The van der Waals surface area contributed by atoms with E-state index in [-0.39, 0.29) is 11.4 Å². The molecule has 6 nitrogen and oxygen atoms in total. The number of nitrogens with zero attached hydrogens (tertiary/aromatic N) is 5. The molecule has 0 amide bonds. The van der Waals surface area contributed by atoms with Crippen LogP contribution in [-0.4, -0.2) is 24.3 Å². The van der Waals surface area contributed by atoms with Crippen molar-refractivity contribution in [2.75, 3.05) is 0 Å². The fourth-order valence-corrected chi connectivity index (χ4v) is 1.89. The lowest BCUT2D eigenvalue weighted by Crippen LogP contribution is -2.24. The molecule has 19 heavy (non-hydrogen) atoms. The van der Waals surface area contributed by atoms with E-state index in [1.165, 1.54) is 28.1 Å². The first-order valence-electron chi connectivity index (χ1n) is 5.44. The lowest BCUT2D eigenvalue weighted by Gasteiger charge is -2.07. The third kappa shape index (κ3) is 2.13. The van der Waals surface area contributed by atoms with Crippen molar-refractivity contribution in [1.29, 1.82) is 0 Å². The van der Waals surface area contributed by atoms with E-state index in [9.17, 15) is 4.79 Å². The van der Waals surface area contributed by atoms with E-state index in [2.05, 4.69) is 15.1 Å². The number of hydrogen-bond acceptors (Lipinski definition) is 4. The molecule has 7 heteroatoms. The van der Waals surface area contributed by atoms with Crippen LogP contribution in [0, 0.1) is 0 Å². The van der Waals surface area contributed by atoms with Crippen LogP contribution in [0.25, 0.3) is 11.5 Å². The average molecular weight is 274 g/mol. The van der Waals surface area contributed by atoms with Crippen LogP contribution in [-0.2, 0) is 0 Å². The van der Waals surface area contributed by atoms with Crippen LogP contribution in [0.2, 0.25) is 5.02 Å². The summed E-state index contributed by atoms with van der Waals surface area (Å²) in [5.74, 6) is 0.181. The summed E-state index contributed by atoms with van der Waals surface area (Å²) in [7, 11) is 0. The van der Waals surface area contributed by atoms with Gasteiger partial charge in [-0.05, 0) is 18.2 Å². The Morgan fingerprint density at radius 1 is 1.26 bits per heavy atom. The number of aromatic nitrogens is 5. The summed E-state index contributed by atoms with van der Waals surface area (Å²) in [4.78, 5) is 20.2. The molecular weight excluding hydrogens is 266 g/mol. The molecule has 2 aromatic heterocycles. The first kappa shape index (κ1) is 11.6. The van der Waals surface area contributed by atoms with Crippen molar-refractivity contribution in [1.82, 2.24) is 24.3 Å². The van der Waals surface area contributed by atoms with Crippen molar-refractivity contribution in [3.05, 3.63) is 64.7 Å². The molecule has 0 aliphatic carbocycles. The molecule has 94 valence electrons. The van der Waals surface area contributed by atoms with Gasteiger partial charge in [0.05, 0.1) is 5.69 Å². The highest BCUT2D eigenvalue weighted by atomic mass is 35.5. The Hall–Kier alpha value is -2.47. The third-order valence-corrected chi connectivity index (χ3v) is 2.78. The van der Waals surface area contributed by atoms with Crippen LogP contribution in [0.1, 0.15) is 0 Å². The molecular formula is C12H8ClN5O. The van der Waals surface area contributed by atoms with E-state index >= 15 is 0 Å². The van der Waals surface area contributed by atoms with Gasteiger partial charge in [0, 0.05) is 17.4 Å². The van der Waals surface area contributed by atoms with Crippen molar-refractivity contribution >= 4 is 11.6 Å². The van der Waals surface area contributed by atoms with Gasteiger partial charge in [0.15, 0.2) is 0 Å². The molecule has 0 saturated heterocycles. The number of benzene rings is 1. The fraction of sp³-hybridized carbons (Fsp3) is 0. The van der Waals surface area contributed by atoms with Crippen molar-refractivity contribution in [3.63, 3.8) is 0 Å². The molecule has 1 aromatic carbocycles. The SMILES string of the molecule is O=c1c(-n2cncn2)nccn1-c1cccc(Cl)c1. The van der Waals surface area contributed by atoms with E-state index in [0.717, 1.165) is 0 Å². The number of hydrogen-bond donors (Lipinski definition) is 0. The summed E-state index contributed by atoms with van der Waals surface area (Å²) in [6, 6.07) is 7.02. The molecule has 0 spiro atoms. The van der Waals surface area contributed by atoms with E-state index in [4.69, 9.17) is 11.6 Å². The van der Waals surface area contributed by atoms with Gasteiger partial charge in [0.25, 0.3) is 5.56 Å². The van der Waals surface area contributed by atoms with Crippen molar-refractivity contribution in [3.8, 4) is 11.5 Å². The highest BCUT2D eigenvalue weighted by Gasteiger charge is 2.08. The van der Waals surface area contributed by atoms with E-state index in [0.29, 0.717) is 10.7 Å². The normalized spacial score (nSPS) is 10.6. The predicted molar refractivity (Wildman–Crippen MR) is 69.8 cm³/mol. The summed E-state index contributed by atoms with van der Waals surface area (Å²) in [6.45, 7) is 0. The molecule has 0 atom stereocenters. The van der Waals surface area contributed by atoms with Crippen LogP contribution < -0.4 is 5.56 Å².